The normalized spacial score (nSPS) is 11.9. The van der Waals surface area contributed by atoms with Gasteiger partial charge in [-0.2, -0.15) is 0 Å². The second kappa shape index (κ2) is 13.9. The summed E-state index contributed by atoms with van der Waals surface area (Å²) in [5.41, 5.74) is 5.98. The molecular weight excluding hydrogens is 468 g/mol. The van der Waals surface area contributed by atoms with Crippen molar-refractivity contribution >= 4 is 30.4 Å². The lowest BCUT2D eigenvalue weighted by molar-refractivity contribution is -0.143. The highest BCUT2D eigenvalue weighted by Gasteiger charge is 2.26. The number of hydrogen-bond donors (Lipinski definition) is 4. The molecule has 0 heterocycles. The molecule has 2 aromatic rings. The largest absolute Gasteiger partial charge is 0.508 e. The second-order valence-electron chi connectivity index (χ2n) is 7.79. The Kier molecular flexibility index (Phi) is 12.5. The number of carbonyl (C=O) groups is 3. The van der Waals surface area contributed by atoms with Crippen LogP contribution in [0, 0.1) is 0 Å². The van der Waals surface area contributed by atoms with Gasteiger partial charge in [0.1, 0.15) is 23.1 Å². The molecule has 5 N–H and O–H groups in total. The molecule has 0 saturated carbocycles. The average Bonchev–Trinajstić information content (AvgIpc) is 2.76. The molecule has 0 aromatic heterocycles. The van der Waals surface area contributed by atoms with Crippen LogP contribution < -0.4 is 11.1 Å². The number of hydrogen-bond acceptors (Lipinski definition) is 9. The third-order valence-corrected chi connectivity index (χ3v) is 4.03. The minimum Gasteiger partial charge on any atom is -0.508 e. The van der Waals surface area contributed by atoms with E-state index in [9.17, 15) is 19.5 Å². The Labute approximate surface area is 204 Å². The third kappa shape index (κ3) is 10.4. The second-order valence-corrected chi connectivity index (χ2v) is 7.79. The molecule has 10 nitrogen and oxygen atoms in total. The molecule has 2 atom stereocenters. The van der Waals surface area contributed by atoms with Gasteiger partial charge in [0.25, 0.3) is 0 Å². The molecule has 2 rings (SSSR count). The Morgan fingerprint density at radius 2 is 1.24 bits per heavy atom. The summed E-state index contributed by atoms with van der Waals surface area (Å²) in [6.07, 6.45) is -0.721. The van der Waals surface area contributed by atoms with Crippen molar-refractivity contribution in [2.24, 2.45) is 5.73 Å². The Morgan fingerprint density at radius 1 is 0.824 bits per heavy atom. The summed E-state index contributed by atoms with van der Waals surface area (Å²) >= 11 is 0. The molecule has 2 unspecified atom stereocenters. The van der Waals surface area contributed by atoms with E-state index in [4.69, 9.17) is 15.6 Å². The molecule has 34 heavy (non-hydrogen) atoms. The lowest BCUT2D eigenvalue weighted by Gasteiger charge is -2.22. The van der Waals surface area contributed by atoms with Gasteiger partial charge in [0, 0.05) is 0 Å². The summed E-state index contributed by atoms with van der Waals surface area (Å²) < 4.78 is 14.2. The van der Waals surface area contributed by atoms with Gasteiger partial charge in [0.15, 0.2) is 6.04 Å². The van der Waals surface area contributed by atoms with E-state index >= 15 is 0 Å². The van der Waals surface area contributed by atoms with E-state index in [1.54, 1.807) is 32.9 Å². The number of aromatic hydroxyl groups is 2. The van der Waals surface area contributed by atoms with E-state index in [1.807, 2.05) is 0 Å². The number of alkyl carbamates (subject to hydrolysis) is 1. The van der Waals surface area contributed by atoms with Crippen molar-refractivity contribution < 1.29 is 38.8 Å². The zero-order chi connectivity index (χ0) is 25.2. The summed E-state index contributed by atoms with van der Waals surface area (Å²) in [6.45, 7) is 5.17. The molecule has 1 amide bonds. The van der Waals surface area contributed by atoms with Crippen LogP contribution in [0.3, 0.4) is 0 Å². The summed E-state index contributed by atoms with van der Waals surface area (Å²) in [6, 6.07) is 10.2. The fourth-order valence-electron chi connectivity index (χ4n) is 2.43. The van der Waals surface area contributed by atoms with E-state index in [-0.39, 0.29) is 23.9 Å². The van der Waals surface area contributed by atoms with Crippen LogP contribution in [0.5, 0.6) is 11.5 Å². The first kappa shape index (κ1) is 30.5. The van der Waals surface area contributed by atoms with Crippen molar-refractivity contribution in [2.75, 3.05) is 14.2 Å². The predicted molar refractivity (Wildman–Crippen MR) is 127 cm³/mol. The molecule has 0 aliphatic heterocycles. The quantitative estimate of drug-likeness (QED) is 0.359. The molecule has 0 bridgehead atoms. The van der Waals surface area contributed by atoms with Gasteiger partial charge in [0.05, 0.1) is 14.2 Å². The number of phenolic OH excluding ortho intramolecular Hbond substituents is 2. The minimum atomic E-state index is -0.990. The average molecular weight is 499 g/mol. The Bertz CT molecular complexity index is 927. The number of nitrogens with one attached hydrogen (secondary N) is 1. The van der Waals surface area contributed by atoms with Gasteiger partial charge in [-0.05, 0) is 56.2 Å². The first-order valence-electron chi connectivity index (χ1n) is 9.86. The predicted octanol–water partition coefficient (Wildman–Crippen LogP) is 3.12. The molecule has 2 aromatic carbocycles. The maximum absolute atomic E-state index is 11.7. The van der Waals surface area contributed by atoms with Crippen LogP contribution in [0.25, 0.3) is 0 Å². The van der Waals surface area contributed by atoms with Gasteiger partial charge in [0.2, 0.25) is 0 Å². The van der Waals surface area contributed by atoms with Crippen LogP contribution in [-0.2, 0) is 23.8 Å². The lowest BCUT2D eigenvalue weighted by Crippen LogP contribution is -2.38. The molecule has 0 fully saturated rings. The summed E-state index contributed by atoms with van der Waals surface area (Å²) in [5, 5.41) is 20.7. The highest BCUT2D eigenvalue weighted by atomic mass is 35.5. The summed E-state index contributed by atoms with van der Waals surface area (Å²) in [7, 11) is 2.51. The molecule has 0 saturated heterocycles. The molecule has 0 aliphatic carbocycles. The molecule has 0 spiro atoms. The number of amides is 1. The first-order chi connectivity index (χ1) is 15.4. The molecule has 0 aliphatic rings. The van der Waals surface area contributed by atoms with Crippen LogP contribution >= 0.6 is 12.4 Å². The van der Waals surface area contributed by atoms with Crippen LogP contribution in [0.1, 0.15) is 44.0 Å². The molecular formula is C23H31ClN2O8. The topological polar surface area (TPSA) is 157 Å². The number of carbonyl (C=O) groups excluding carboxylic acids is 3. The maximum atomic E-state index is 11.7. The van der Waals surface area contributed by atoms with Crippen molar-refractivity contribution in [1.82, 2.24) is 5.32 Å². The van der Waals surface area contributed by atoms with Crippen LogP contribution in [0.4, 0.5) is 4.79 Å². The highest BCUT2D eigenvalue weighted by Crippen LogP contribution is 2.19. The van der Waals surface area contributed by atoms with Gasteiger partial charge in [-0.25, -0.2) is 9.59 Å². The fraction of sp³-hybridized carbons (Fsp3) is 0.348. The lowest BCUT2D eigenvalue weighted by atomic mass is 10.1. The smallest absolute Gasteiger partial charge is 0.408 e. The fourth-order valence-corrected chi connectivity index (χ4v) is 2.43. The first-order valence-corrected chi connectivity index (χ1v) is 9.86. The molecule has 11 heteroatoms. The van der Waals surface area contributed by atoms with Crippen molar-refractivity contribution in [3.05, 3.63) is 59.7 Å². The van der Waals surface area contributed by atoms with Crippen LogP contribution in [0.15, 0.2) is 48.5 Å². The monoisotopic (exact) mass is 498 g/mol. The van der Waals surface area contributed by atoms with Gasteiger partial charge in [-0.1, -0.05) is 24.3 Å². The number of phenols is 2. The van der Waals surface area contributed by atoms with E-state index in [0.717, 1.165) is 0 Å². The zero-order valence-electron chi connectivity index (χ0n) is 19.6. The van der Waals surface area contributed by atoms with Gasteiger partial charge in [-0.15, -0.1) is 12.4 Å². The van der Waals surface area contributed by atoms with Crippen molar-refractivity contribution in [2.45, 2.75) is 38.5 Å². The Balaban J connectivity index is 0.000000676. The van der Waals surface area contributed by atoms with Gasteiger partial charge in [-0.3, -0.25) is 4.79 Å². The van der Waals surface area contributed by atoms with Crippen molar-refractivity contribution in [1.29, 1.82) is 0 Å². The van der Waals surface area contributed by atoms with E-state index in [1.165, 1.54) is 50.6 Å². The number of benzene rings is 2. The van der Waals surface area contributed by atoms with Crippen LogP contribution in [-0.4, -0.2) is 48.1 Å². The number of halogens is 1. The van der Waals surface area contributed by atoms with E-state index in [2.05, 4.69) is 14.8 Å². The Hall–Kier alpha value is -3.50. The zero-order valence-corrected chi connectivity index (χ0v) is 20.4. The number of esters is 2. The van der Waals surface area contributed by atoms with Crippen molar-refractivity contribution in [3.8, 4) is 11.5 Å². The summed E-state index contributed by atoms with van der Waals surface area (Å²) in [4.78, 5) is 34.5. The number of methoxy groups -OCH3 is 2. The van der Waals surface area contributed by atoms with Crippen LogP contribution in [0.2, 0.25) is 0 Å². The summed E-state index contributed by atoms with van der Waals surface area (Å²) in [5.74, 6) is -0.914. The third-order valence-electron chi connectivity index (χ3n) is 4.03. The van der Waals surface area contributed by atoms with E-state index in [0.29, 0.717) is 11.1 Å². The minimum absolute atomic E-state index is 0. The molecule has 0 radical (unpaired) electrons. The standard InChI is InChI=1S/C14H19NO5.C9H11NO3.ClH/c1-14(2,3)20-13(18)15-11(12(17)19-4)9-5-7-10(16)8-6-9;1-13-9(12)8(10)6-2-4-7(11)5-3-6;/h5-8,11,16H,1-4H3,(H,15,18);2-5,8,11H,10H2,1H3;1H. The van der Waals surface area contributed by atoms with Gasteiger partial charge >= 0.3 is 18.0 Å². The SMILES string of the molecule is COC(=O)C(N)c1ccc(O)cc1.COC(=O)C(NC(=O)OC(C)(C)C)c1ccc(O)cc1.Cl. The highest BCUT2D eigenvalue weighted by molar-refractivity contribution is 5.85. The van der Waals surface area contributed by atoms with E-state index < -0.39 is 35.7 Å². The maximum Gasteiger partial charge on any atom is 0.408 e. The van der Waals surface area contributed by atoms with Gasteiger partial charge < -0.3 is 35.5 Å². The number of rotatable bonds is 5. The van der Waals surface area contributed by atoms with Crippen molar-refractivity contribution in [3.63, 3.8) is 0 Å². The Morgan fingerprint density at radius 3 is 1.62 bits per heavy atom. The number of ether oxygens (including phenoxy) is 3. The number of nitrogens with two attached hydrogens (primary N) is 1. The molecule has 188 valence electrons.